The van der Waals surface area contributed by atoms with E-state index in [1.165, 1.54) is 5.56 Å². The number of nitrogens with zero attached hydrogens (tertiary/aromatic N) is 1. The number of H-pyrrole nitrogens is 1. The van der Waals surface area contributed by atoms with Gasteiger partial charge in [-0.2, -0.15) is 0 Å². The monoisotopic (exact) mass is 328 g/mol. The van der Waals surface area contributed by atoms with E-state index in [0.717, 1.165) is 21.6 Å². The molecule has 4 heteroatoms. The van der Waals surface area contributed by atoms with Crippen molar-refractivity contribution >= 4 is 22.6 Å². The third kappa shape index (κ3) is 2.55. The number of rotatable bonds is 4. The van der Waals surface area contributed by atoms with Crippen molar-refractivity contribution in [2.45, 2.75) is 13.3 Å². The Hall–Kier alpha value is -1.04. The van der Waals surface area contributed by atoms with Gasteiger partial charge in [-0.3, -0.25) is 5.10 Å². The molecule has 0 unspecified atom stereocenters. The fourth-order valence-corrected chi connectivity index (χ4v) is 2.08. The summed E-state index contributed by atoms with van der Waals surface area (Å²) in [6, 6.07) is 10.3. The van der Waals surface area contributed by atoms with Crippen LogP contribution in [0, 0.1) is 3.70 Å². The smallest absolute Gasteiger partial charge is 0.237 e. The molecule has 0 aliphatic carbocycles. The standard InChI is InChI=1S/C12H13IN2O/c1-2-16-12-10(11(13)14-15-12)8-9-6-4-3-5-7-9/h3-7H,2,8H2,1H3,(H,14,15). The molecule has 0 amide bonds. The van der Waals surface area contributed by atoms with Gasteiger partial charge in [0.1, 0.15) is 3.70 Å². The van der Waals surface area contributed by atoms with E-state index in [-0.39, 0.29) is 0 Å². The number of nitrogens with one attached hydrogen (secondary N) is 1. The largest absolute Gasteiger partial charge is 0.477 e. The molecule has 1 aromatic heterocycles. The van der Waals surface area contributed by atoms with Crippen molar-refractivity contribution in [1.29, 1.82) is 0 Å². The van der Waals surface area contributed by atoms with Crippen LogP contribution in [0.2, 0.25) is 0 Å². The fourth-order valence-electron chi connectivity index (χ4n) is 1.54. The van der Waals surface area contributed by atoms with E-state index in [2.05, 4.69) is 44.9 Å². The maximum absolute atomic E-state index is 5.48. The van der Waals surface area contributed by atoms with E-state index in [0.29, 0.717) is 6.61 Å². The first-order valence-corrected chi connectivity index (χ1v) is 6.28. The van der Waals surface area contributed by atoms with Crippen molar-refractivity contribution in [3.63, 3.8) is 0 Å². The highest BCUT2D eigenvalue weighted by atomic mass is 127. The second kappa shape index (κ2) is 5.34. The highest BCUT2D eigenvalue weighted by Crippen LogP contribution is 2.23. The van der Waals surface area contributed by atoms with E-state index in [9.17, 15) is 0 Å². The van der Waals surface area contributed by atoms with Gasteiger partial charge in [0.15, 0.2) is 0 Å². The lowest BCUT2D eigenvalue weighted by molar-refractivity contribution is 0.323. The average Bonchev–Trinajstić information content (AvgIpc) is 2.64. The summed E-state index contributed by atoms with van der Waals surface area (Å²) in [4.78, 5) is 0. The number of aromatic amines is 1. The predicted molar refractivity (Wildman–Crippen MR) is 71.7 cm³/mol. The summed E-state index contributed by atoms with van der Waals surface area (Å²) in [5.41, 5.74) is 2.40. The van der Waals surface area contributed by atoms with Crippen molar-refractivity contribution in [3.8, 4) is 5.88 Å². The Bertz CT molecular complexity index is 453. The van der Waals surface area contributed by atoms with Crippen molar-refractivity contribution in [2.24, 2.45) is 0 Å². The van der Waals surface area contributed by atoms with Crippen molar-refractivity contribution in [3.05, 3.63) is 45.2 Å². The first kappa shape index (κ1) is 11.4. The van der Waals surface area contributed by atoms with Crippen LogP contribution in [-0.2, 0) is 6.42 Å². The molecule has 1 N–H and O–H groups in total. The van der Waals surface area contributed by atoms with Crippen LogP contribution in [0.4, 0.5) is 0 Å². The molecule has 0 atom stereocenters. The van der Waals surface area contributed by atoms with E-state index < -0.39 is 0 Å². The molecule has 1 heterocycles. The van der Waals surface area contributed by atoms with Gasteiger partial charge < -0.3 is 4.74 Å². The van der Waals surface area contributed by atoms with Crippen LogP contribution < -0.4 is 4.74 Å². The van der Waals surface area contributed by atoms with Gasteiger partial charge in [-0.05, 0) is 35.1 Å². The number of halogens is 1. The van der Waals surface area contributed by atoms with Crippen molar-refractivity contribution in [2.75, 3.05) is 6.61 Å². The van der Waals surface area contributed by atoms with Crippen LogP contribution in [0.5, 0.6) is 5.88 Å². The van der Waals surface area contributed by atoms with Gasteiger partial charge in [-0.15, -0.1) is 5.10 Å². The lowest BCUT2D eigenvalue weighted by atomic mass is 10.1. The highest BCUT2D eigenvalue weighted by Gasteiger charge is 2.12. The third-order valence-corrected chi connectivity index (χ3v) is 3.18. The Labute approximate surface area is 108 Å². The van der Waals surface area contributed by atoms with E-state index >= 15 is 0 Å². The number of aromatic nitrogens is 2. The Kier molecular flexibility index (Phi) is 3.82. The zero-order valence-corrected chi connectivity index (χ0v) is 11.2. The zero-order valence-electron chi connectivity index (χ0n) is 9.03. The Balaban J connectivity index is 2.23. The summed E-state index contributed by atoms with van der Waals surface area (Å²) in [6.07, 6.45) is 0.852. The van der Waals surface area contributed by atoms with Gasteiger partial charge in [-0.1, -0.05) is 30.3 Å². The first-order valence-electron chi connectivity index (χ1n) is 5.20. The maximum Gasteiger partial charge on any atom is 0.237 e. The molecule has 2 aromatic rings. The van der Waals surface area contributed by atoms with Crippen LogP contribution in [0.3, 0.4) is 0 Å². The molecule has 0 aliphatic rings. The van der Waals surface area contributed by atoms with Gasteiger partial charge in [0.25, 0.3) is 0 Å². The zero-order chi connectivity index (χ0) is 11.4. The molecule has 2 rings (SSSR count). The lowest BCUT2D eigenvalue weighted by Crippen LogP contribution is -1.97. The molecule has 3 nitrogen and oxygen atoms in total. The molecule has 0 saturated carbocycles. The summed E-state index contributed by atoms with van der Waals surface area (Å²) < 4.78 is 6.53. The average molecular weight is 328 g/mol. The third-order valence-electron chi connectivity index (χ3n) is 2.28. The number of hydrogen-bond donors (Lipinski definition) is 1. The summed E-state index contributed by atoms with van der Waals surface area (Å²) in [5.74, 6) is 0.718. The molecular weight excluding hydrogens is 315 g/mol. The minimum atomic E-state index is 0.642. The Morgan fingerprint density at radius 3 is 2.75 bits per heavy atom. The second-order valence-electron chi connectivity index (χ2n) is 3.42. The maximum atomic E-state index is 5.48. The molecule has 0 saturated heterocycles. The van der Waals surface area contributed by atoms with Gasteiger partial charge in [0, 0.05) is 6.42 Å². The molecule has 0 aliphatic heterocycles. The van der Waals surface area contributed by atoms with Gasteiger partial charge in [0.05, 0.1) is 12.2 Å². The highest BCUT2D eigenvalue weighted by molar-refractivity contribution is 14.1. The molecule has 16 heavy (non-hydrogen) atoms. The van der Waals surface area contributed by atoms with E-state index in [1.807, 2.05) is 25.1 Å². The second-order valence-corrected chi connectivity index (χ2v) is 4.50. The molecule has 0 spiro atoms. The van der Waals surface area contributed by atoms with Crippen LogP contribution in [0.25, 0.3) is 0 Å². The van der Waals surface area contributed by atoms with Crippen LogP contribution >= 0.6 is 22.6 Å². The van der Waals surface area contributed by atoms with Gasteiger partial charge in [-0.25, -0.2) is 0 Å². The van der Waals surface area contributed by atoms with Crippen molar-refractivity contribution in [1.82, 2.24) is 10.2 Å². The molecular formula is C12H13IN2O. The van der Waals surface area contributed by atoms with Gasteiger partial charge in [0.2, 0.25) is 5.88 Å². The molecule has 0 fully saturated rings. The minimum absolute atomic E-state index is 0.642. The number of hydrogen-bond acceptors (Lipinski definition) is 2. The normalized spacial score (nSPS) is 10.4. The first-order chi connectivity index (χ1) is 7.81. The summed E-state index contributed by atoms with van der Waals surface area (Å²) in [5, 5.41) is 7.10. The van der Waals surface area contributed by atoms with E-state index in [1.54, 1.807) is 0 Å². The SMILES string of the molecule is CCOc1n[nH]c(I)c1Cc1ccccc1. The molecule has 84 valence electrons. The van der Waals surface area contributed by atoms with E-state index in [4.69, 9.17) is 4.74 Å². The fraction of sp³-hybridized carbons (Fsp3) is 0.250. The predicted octanol–water partition coefficient (Wildman–Crippen LogP) is 3.00. The molecule has 0 radical (unpaired) electrons. The summed E-state index contributed by atoms with van der Waals surface area (Å²) >= 11 is 2.25. The minimum Gasteiger partial charge on any atom is -0.477 e. The quantitative estimate of drug-likeness (QED) is 0.876. The lowest BCUT2D eigenvalue weighted by Gasteiger charge is -2.03. The summed E-state index contributed by atoms with van der Waals surface area (Å²) in [7, 11) is 0. The van der Waals surface area contributed by atoms with Crippen LogP contribution in [-0.4, -0.2) is 16.8 Å². The van der Waals surface area contributed by atoms with Crippen molar-refractivity contribution < 1.29 is 4.74 Å². The Morgan fingerprint density at radius 1 is 1.31 bits per heavy atom. The number of benzene rings is 1. The molecule has 1 aromatic carbocycles. The Morgan fingerprint density at radius 2 is 2.06 bits per heavy atom. The van der Waals surface area contributed by atoms with Crippen LogP contribution in [0.15, 0.2) is 30.3 Å². The van der Waals surface area contributed by atoms with Crippen LogP contribution in [0.1, 0.15) is 18.1 Å². The molecule has 0 bridgehead atoms. The topological polar surface area (TPSA) is 37.9 Å². The van der Waals surface area contributed by atoms with Gasteiger partial charge >= 0.3 is 0 Å². The number of ether oxygens (including phenoxy) is 1. The summed E-state index contributed by atoms with van der Waals surface area (Å²) in [6.45, 7) is 2.61.